The number of hydrogen-bond acceptors (Lipinski definition) is 6. The Balaban J connectivity index is 1.29. The molecule has 4 rings (SSSR count). The number of aliphatic imine (C=N–C) groups is 1. The molecule has 1 heterocycles. The average Bonchev–Trinajstić information content (AvgIpc) is 3.29. The van der Waals surface area contributed by atoms with Gasteiger partial charge in [0.1, 0.15) is 18.1 Å². The van der Waals surface area contributed by atoms with E-state index in [0.717, 1.165) is 5.84 Å². The van der Waals surface area contributed by atoms with E-state index in [9.17, 15) is 14.9 Å². The van der Waals surface area contributed by atoms with Crippen LogP contribution in [0.2, 0.25) is 0 Å². The highest BCUT2D eigenvalue weighted by Crippen LogP contribution is 2.34. The van der Waals surface area contributed by atoms with Crippen LogP contribution in [0.3, 0.4) is 0 Å². The van der Waals surface area contributed by atoms with Crippen molar-refractivity contribution in [2.24, 2.45) is 10.9 Å². The lowest BCUT2D eigenvalue weighted by Gasteiger charge is -2.26. The van der Waals surface area contributed by atoms with Gasteiger partial charge in [-0.15, -0.1) is 0 Å². The number of nitrogens with zero attached hydrogens (tertiary/aromatic N) is 3. The first-order chi connectivity index (χ1) is 12.1. The van der Waals surface area contributed by atoms with Crippen molar-refractivity contribution < 1.29 is 23.8 Å². The zero-order valence-electron chi connectivity index (χ0n) is 13.3. The molecular formula is C17H16N3O5+. The van der Waals surface area contributed by atoms with Gasteiger partial charge in [0.2, 0.25) is 0 Å². The highest BCUT2D eigenvalue weighted by atomic mass is 16.7. The summed E-state index contributed by atoms with van der Waals surface area (Å²) in [5, 5.41) is 10.6. The molecule has 0 radical (unpaired) electrons. The van der Waals surface area contributed by atoms with Crippen molar-refractivity contribution in [3.05, 3.63) is 46.8 Å². The summed E-state index contributed by atoms with van der Waals surface area (Å²) < 4.78 is 12.4. The van der Waals surface area contributed by atoms with Gasteiger partial charge in [-0.25, -0.2) is 9.37 Å². The lowest BCUT2D eigenvalue weighted by atomic mass is 9.92. The predicted octanol–water partition coefficient (Wildman–Crippen LogP) is 3.02. The third kappa shape index (κ3) is 3.28. The summed E-state index contributed by atoms with van der Waals surface area (Å²) >= 11 is 0. The number of non-ortho nitro benzene ring substituents is 1. The van der Waals surface area contributed by atoms with Crippen LogP contribution >= 0.6 is 0 Å². The molecule has 8 nitrogen and oxygen atoms in total. The number of rotatable bonds is 4. The molecule has 8 heteroatoms. The van der Waals surface area contributed by atoms with E-state index in [1.807, 2.05) is 6.20 Å². The average molecular weight is 342 g/mol. The summed E-state index contributed by atoms with van der Waals surface area (Å²) in [6.07, 6.45) is 6.43. The first-order valence-electron chi connectivity index (χ1n) is 8.11. The van der Waals surface area contributed by atoms with Gasteiger partial charge in [0.25, 0.3) is 5.69 Å². The lowest BCUT2D eigenvalue weighted by Crippen LogP contribution is -2.40. The minimum absolute atomic E-state index is 0.0641. The Kier molecular flexibility index (Phi) is 3.79. The predicted molar refractivity (Wildman–Crippen MR) is 87.8 cm³/mol. The highest BCUT2D eigenvalue weighted by Gasteiger charge is 2.42. The number of hydrogen-bond donors (Lipinski definition) is 0. The quantitative estimate of drug-likeness (QED) is 0.276. The maximum atomic E-state index is 11.8. The summed E-state index contributed by atoms with van der Waals surface area (Å²) in [6, 6.07) is 5.28. The highest BCUT2D eigenvalue weighted by molar-refractivity contribution is 5.94. The van der Waals surface area contributed by atoms with E-state index in [1.54, 1.807) is 6.20 Å². The zero-order valence-corrected chi connectivity index (χ0v) is 13.3. The monoisotopic (exact) mass is 342 g/mol. The molecule has 1 aromatic carbocycles. The van der Waals surface area contributed by atoms with Crippen LogP contribution in [-0.4, -0.2) is 33.3 Å². The van der Waals surface area contributed by atoms with Crippen LogP contribution < -0.4 is 4.74 Å². The summed E-state index contributed by atoms with van der Waals surface area (Å²) in [6.45, 7) is 0. The van der Waals surface area contributed by atoms with Crippen LogP contribution in [-0.2, 0) is 4.74 Å². The number of carbonyl (C=O) groups excluding carboxylic acids is 1. The van der Waals surface area contributed by atoms with E-state index >= 15 is 0 Å². The molecule has 2 aliphatic carbocycles. The third-order valence-electron chi connectivity index (χ3n) is 4.39. The molecule has 25 heavy (non-hydrogen) atoms. The minimum Gasteiger partial charge on any atom is -0.430 e. The van der Waals surface area contributed by atoms with Crippen molar-refractivity contribution in [3.63, 3.8) is 0 Å². The summed E-state index contributed by atoms with van der Waals surface area (Å²) in [5.41, 5.74) is 1.12. The second-order valence-corrected chi connectivity index (χ2v) is 6.25. The molecule has 2 fully saturated rings. The first-order valence-corrected chi connectivity index (χ1v) is 8.11. The molecule has 1 aromatic rings. The van der Waals surface area contributed by atoms with Gasteiger partial charge < -0.3 is 9.47 Å². The van der Waals surface area contributed by atoms with Gasteiger partial charge in [-0.1, -0.05) is 0 Å². The summed E-state index contributed by atoms with van der Waals surface area (Å²) in [4.78, 5) is 26.3. The lowest BCUT2D eigenvalue weighted by molar-refractivity contribution is -0.384. The number of nitro groups is 1. The van der Waals surface area contributed by atoms with Gasteiger partial charge in [-0.2, -0.15) is 0 Å². The van der Waals surface area contributed by atoms with Gasteiger partial charge in [0, 0.05) is 25.0 Å². The van der Waals surface area contributed by atoms with Crippen LogP contribution in [0.1, 0.15) is 25.7 Å². The summed E-state index contributed by atoms with van der Waals surface area (Å²) in [5.74, 6) is 1.88. The third-order valence-corrected chi connectivity index (χ3v) is 4.39. The fourth-order valence-electron chi connectivity index (χ4n) is 2.86. The van der Waals surface area contributed by atoms with E-state index in [2.05, 4.69) is 9.57 Å². The SMILES string of the molecule is O=C(Oc1ccc([N+](=O)[O-])cc1)OC1CC(=[N+]2C=CN=C2C2CC2)C1. The Morgan fingerprint density at radius 2 is 1.96 bits per heavy atom. The van der Waals surface area contributed by atoms with E-state index in [4.69, 9.17) is 9.47 Å². The Labute approximate surface area is 143 Å². The van der Waals surface area contributed by atoms with Crippen LogP contribution in [0.15, 0.2) is 41.7 Å². The number of carbonyl (C=O) groups is 1. The van der Waals surface area contributed by atoms with Crippen molar-refractivity contribution >= 4 is 23.4 Å². The fraction of sp³-hybridized carbons (Fsp3) is 0.353. The maximum Gasteiger partial charge on any atom is 0.514 e. The molecule has 2 saturated carbocycles. The largest absolute Gasteiger partial charge is 0.514 e. The molecule has 0 atom stereocenters. The van der Waals surface area contributed by atoms with Crippen molar-refractivity contribution in [3.8, 4) is 5.75 Å². The van der Waals surface area contributed by atoms with Crippen LogP contribution in [0.5, 0.6) is 5.75 Å². The van der Waals surface area contributed by atoms with E-state index in [-0.39, 0.29) is 17.5 Å². The van der Waals surface area contributed by atoms with Gasteiger partial charge in [-0.3, -0.25) is 10.1 Å². The standard InChI is InChI=1S/C17H16N3O5/c21-17(24-14-5-3-12(4-6-14)20(22)23)25-15-9-13(10-15)19-8-7-18-16(19)11-1-2-11/h3-8,11,15H,1-2,9-10H2/q+1. The molecule has 0 bridgehead atoms. The zero-order chi connectivity index (χ0) is 17.4. The Hall–Kier alpha value is -3.03. The Morgan fingerprint density at radius 1 is 1.24 bits per heavy atom. The number of amidine groups is 1. The van der Waals surface area contributed by atoms with Crippen molar-refractivity contribution in [1.29, 1.82) is 0 Å². The van der Waals surface area contributed by atoms with E-state index in [1.165, 1.54) is 42.8 Å². The molecule has 1 aliphatic heterocycles. The van der Waals surface area contributed by atoms with Gasteiger partial charge >= 0.3 is 12.0 Å². The van der Waals surface area contributed by atoms with E-state index < -0.39 is 11.1 Å². The topological polar surface area (TPSA) is 94.0 Å². The summed E-state index contributed by atoms with van der Waals surface area (Å²) in [7, 11) is 0. The molecule has 0 saturated heterocycles. The van der Waals surface area contributed by atoms with Crippen LogP contribution in [0, 0.1) is 16.0 Å². The molecule has 3 aliphatic rings. The molecule has 0 spiro atoms. The van der Waals surface area contributed by atoms with Crippen molar-refractivity contribution in [2.45, 2.75) is 31.8 Å². The molecule has 0 aromatic heterocycles. The molecule has 0 unspecified atom stereocenters. The minimum atomic E-state index is -0.800. The molecule has 0 N–H and O–H groups in total. The number of nitro benzene ring substituents is 1. The maximum absolute atomic E-state index is 11.8. The number of ether oxygens (including phenoxy) is 2. The smallest absolute Gasteiger partial charge is 0.430 e. The Morgan fingerprint density at radius 3 is 2.60 bits per heavy atom. The second-order valence-electron chi connectivity index (χ2n) is 6.25. The van der Waals surface area contributed by atoms with Crippen LogP contribution in [0.25, 0.3) is 0 Å². The van der Waals surface area contributed by atoms with Gasteiger partial charge in [-0.05, 0) is 30.0 Å². The fourth-order valence-corrected chi connectivity index (χ4v) is 2.86. The van der Waals surface area contributed by atoms with Crippen LogP contribution in [0.4, 0.5) is 10.5 Å². The molecule has 128 valence electrons. The molecular weight excluding hydrogens is 326 g/mol. The van der Waals surface area contributed by atoms with Crippen molar-refractivity contribution in [2.75, 3.05) is 0 Å². The van der Waals surface area contributed by atoms with E-state index in [0.29, 0.717) is 18.8 Å². The normalized spacial score (nSPS) is 21.6. The number of benzene rings is 1. The van der Waals surface area contributed by atoms with Crippen molar-refractivity contribution in [1.82, 2.24) is 0 Å². The van der Waals surface area contributed by atoms with Gasteiger partial charge in [0.05, 0.1) is 16.6 Å². The second kappa shape index (κ2) is 6.12. The van der Waals surface area contributed by atoms with Gasteiger partial charge in [0.15, 0.2) is 6.20 Å². The molecule has 0 amide bonds. The Bertz CT molecular complexity index is 813. The first kappa shape index (κ1) is 15.5.